The number of hydrogen-bond acceptors (Lipinski definition) is 3. The number of fused-ring (bicyclic) bond motifs is 1. The number of carbonyl (C=O) groups is 1. The molecule has 0 spiro atoms. The zero-order valence-electron chi connectivity index (χ0n) is 10.5. The Kier molecular flexibility index (Phi) is 3.50. The SMILES string of the molecule is CCCC(C)Oc1nc2ccccn2c1C(=O)O. The van der Waals surface area contributed by atoms with Crippen molar-refractivity contribution < 1.29 is 14.6 Å². The minimum absolute atomic E-state index is 0.0435. The highest BCUT2D eigenvalue weighted by atomic mass is 16.5. The summed E-state index contributed by atoms with van der Waals surface area (Å²) in [5.41, 5.74) is 0.655. The van der Waals surface area contributed by atoms with Gasteiger partial charge in [0, 0.05) is 6.20 Å². The van der Waals surface area contributed by atoms with Crippen LogP contribution in [0.25, 0.3) is 5.65 Å². The summed E-state index contributed by atoms with van der Waals surface area (Å²) >= 11 is 0. The average Bonchev–Trinajstić information content (AvgIpc) is 2.66. The van der Waals surface area contributed by atoms with Crippen LogP contribution in [-0.4, -0.2) is 26.6 Å². The Labute approximate surface area is 105 Å². The van der Waals surface area contributed by atoms with E-state index in [1.165, 1.54) is 4.40 Å². The molecule has 5 nitrogen and oxygen atoms in total. The van der Waals surface area contributed by atoms with Gasteiger partial charge in [0.05, 0.1) is 6.10 Å². The third-order valence-electron chi connectivity index (χ3n) is 2.71. The highest BCUT2D eigenvalue weighted by Gasteiger charge is 2.21. The Balaban J connectivity index is 2.43. The second kappa shape index (κ2) is 5.08. The molecule has 18 heavy (non-hydrogen) atoms. The molecule has 2 rings (SSSR count). The second-order valence-electron chi connectivity index (χ2n) is 4.22. The van der Waals surface area contributed by atoms with E-state index >= 15 is 0 Å². The van der Waals surface area contributed by atoms with Crippen molar-refractivity contribution in [2.24, 2.45) is 0 Å². The molecule has 0 bridgehead atoms. The Morgan fingerprint density at radius 3 is 3.00 bits per heavy atom. The molecule has 2 heterocycles. The summed E-state index contributed by atoms with van der Waals surface area (Å²) in [6, 6.07) is 5.33. The summed E-state index contributed by atoms with van der Waals surface area (Å²) in [6.07, 6.45) is 3.48. The lowest BCUT2D eigenvalue weighted by Gasteiger charge is -2.11. The van der Waals surface area contributed by atoms with Crippen molar-refractivity contribution in [3.8, 4) is 5.88 Å². The van der Waals surface area contributed by atoms with E-state index in [1.807, 2.05) is 13.0 Å². The molecule has 0 amide bonds. The molecule has 2 aromatic heterocycles. The molecule has 5 heteroatoms. The van der Waals surface area contributed by atoms with Crippen LogP contribution >= 0.6 is 0 Å². The average molecular weight is 248 g/mol. The van der Waals surface area contributed by atoms with Crippen LogP contribution in [0.4, 0.5) is 0 Å². The van der Waals surface area contributed by atoms with Crippen LogP contribution in [0.2, 0.25) is 0 Å². The quantitative estimate of drug-likeness (QED) is 0.883. The number of carboxylic acid groups (broad SMARTS) is 1. The minimum atomic E-state index is -1.03. The maximum Gasteiger partial charge on any atom is 0.358 e. The maximum absolute atomic E-state index is 11.3. The largest absolute Gasteiger partial charge is 0.476 e. The summed E-state index contributed by atoms with van der Waals surface area (Å²) in [5.74, 6) is -0.845. The summed E-state index contributed by atoms with van der Waals surface area (Å²) in [6.45, 7) is 3.97. The first kappa shape index (κ1) is 12.4. The van der Waals surface area contributed by atoms with E-state index in [0.717, 1.165) is 12.8 Å². The number of aromatic carboxylic acids is 1. The number of imidazole rings is 1. The van der Waals surface area contributed by atoms with Crippen molar-refractivity contribution in [3.05, 3.63) is 30.1 Å². The lowest BCUT2D eigenvalue weighted by Crippen LogP contribution is -2.14. The predicted octanol–water partition coefficient (Wildman–Crippen LogP) is 2.60. The highest BCUT2D eigenvalue weighted by Crippen LogP contribution is 2.21. The van der Waals surface area contributed by atoms with E-state index < -0.39 is 5.97 Å². The Bertz CT molecular complexity index is 562. The van der Waals surface area contributed by atoms with Gasteiger partial charge in [0.2, 0.25) is 5.88 Å². The van der Waals surface area contributed by atoms with E-state index in [0.29, 0.717) is 5.65 Å². The van der Waals surface area contributed by atoms with Gasteiger partial charge in [0.15, 0.2) is 5.69 Å². The fourth-order valence-electron chi connectivity index (χ4n) is 1.91. The number of carboxylic acids is 1. The van der Waals surface area contributed by atoms with Crippen molar-refractivity contribution in [2.45, 2.75) is 32.8 Å². The zero-order chi connectivity index (χ0) is 13.1. The molecule has 0 aliphatic carbocycles. The van der Waals surface area contributed by atoms with Crippen LogP contribution in [-0.2, 0) is 0 Å². The molecule has 1 atom stereocenters. The molecule has 0 radical (unpaired) electrons. The van der Waals surface area contributed by atoms with Gasteiger partial charge in [-0.15, -0.1) is 0 Å². The van der Waals surface area contributed by atoms with Crippen LogP contribution in [0, 0.1) is 0 Å². The lowest BCUT2D eigenvalue weighted by molar-refractivity contribution is 0.0681. The van der Waals surface area contributed by atoms with Crippen molar-refractivity contribution in [1.29, 1.82) is 0 Å². The molecular formula is C13H16N2O3. The molecule has 0 fully saturated rings. The van der Waals surface area contributed by atoms with Gasteiger partial charge in [-0.05, 0) is 25.5 Å². The standard InChI is InChI=1S/C13H16N2O3/c1-3-6-9(2)18-12-11(13(16)17)15-8-5-4-7-10(15)14-12/h4-5,7-9H,3,6H2,1-2H3,(H,16,17). The smallest absolute Gasteiger partial charge is 0.358 e. The van der Waals surface area contributed by atoms with E-state index in [4.69, 9.17) is 4.74 Å². The van der Waals surface area contributed by atoms with E-state index in [1.54, 1.807) is 18.3 Å². The van der Waals surface area contributed by atoms with Gasteiger partial charge < -0.3 is 9.84 Å². The highest BCUT2D eigenvalue weighted by molar-refractivity contribution is 5.89. The van der Waals surface area contributed by atoms with Crippen LogP contribution in [0.3, 0.4) is 0 Å². The van der Waals surface area contributed by atoms with Gasteiger partial charge in [0.1, 0.15) is 5.65 Å². The molecular weight excluding hydrogens is 232 g/mol. The normalized spacial score (nSPS) is 12.6. The van der Waals surface area contributed by atoms with Gasteiger partial charge in [-0.1, -0.05) is 19.4 Å². The number of hydrogen-bond donors (Lipinski definition) is 1. The zero-order valence-corrected chi connectivity index (χ0v) is 10.5. The molecule has 0 saturated heterocycles. The van der Waals surface area contributed by atoms with E-state index in [-0.39, 0.29) is 17.7 Å². The Morgan fingerprint density at radius 1 is 1.56 bits per heavy atom. The van der Waals surface area contributed by atoms with Gasteiger partial charge >= 0.3 is 5.97 Å². The van der Waals surface area contributed by atoms with Crippen LogP contribution in [0.1, 0.15) is 37.2 Å². The molecule has 0 aromatic carbocycles. The summed E-state index contributed by atoms with van der Waals surface area (Å²) < 4.78 is 7.14. The van der Waals surface area contributed by atoms with Crippen molar-refractivity contribution in [2.75, 3.05) is 0 Å². The molecule has 2 aromatic rings. The van der Waals surface area contributed by atoms with Gasteiger partial charge in [-0.25, -0.2) is 4.79 Å². The molecule has 96 valence electrons. The van der Waals surface area contributed by atoms with Crippen molar-refractivity contribution in [1.82, 2.24) is 9.38 Å². The Hall–Kier alpha value is -2.04. The molecule has 0 aliphatic heterocycles. The number of rotatable bonds is 5. The van der Waals surface area contributed by atoms with Gasteiger partial charge in [0.25, 0.3) is 0 Å². The van der Waals surface area contributed by atoms with Crippen molar-refractivity contribution in [3.63, 3.8) is 0 Å². The second-order valence-corrected chi connectivity index (χ2v) is 4.22. The molecule has 0 saturated carbocycles. The number of nitrogens with zero attached hydrogens (tertiary/aromatic N) is 2. The summed E-state index contributed by atoms with van der Waals surface area (Å²) in [4.78, 5) is 15.5. The van der Waals surface area contributed by atoms with E-state index in [2.05, 4.69) is 11.9 Å². The molecule has 1 unspecified atom stereocenters. The summed E-state index contributed by atoms with van der Waals surface area (Å²) in [5, 5.41) is 9.25. The fourth-order valence-corrected chi connectivity index (χ4v) is 1.91. The first-order valence-corrected chi connectivity index (χ1v) is 6.00. The monoisotopic (exact) mass is 248 g/mol. The fraction of sp³-hybridized carbons (Fsp3) is 0.385. The Morgan fingerprint density at radius 2 is 2.33 bits per heavy atom. The topological polar surface area (TPSA) is 63.8 Å². The van der Waals surface area contributed by atoms with Gasteiger partial charge in [-0.3, -0.25) is 4.40 Å². The number of aromatic nitrogens is 2. The van der Waals surface area contributed by atoms with Crippen LogP contribution in [0.15, 0.2) is 24.4 Å². The van der Waals surface area contributed by atoms with E-state index in [9.17, 15) is 9.90 Å². The number of ether oxygens (including phenoxy) is 1. The third-order valence-corrected chi connectivity index (χ3v) is 2.71. The van der Waals surface area contributed by atoms with Crippen LogP contribution < -0.4 is 4.74 Å². The minimum Gasteiger partial charge on any atom is -0.476 e. The van der Waals surface area contributed by atoms with Crippen molar-refractivity contribution >= 4 is 11.6 Å². The predicted molar refractivity (Wildman–Crippen MR) is 67.1 cm³/mol. The molecule has 1 N–H and O–H groups in total. The lowest BCUT2D eigenvalue weighted by atomic mass is 10.2. The van der Waals surface area contributed by atoms with Gasteiger partial charge in [-0.2, -0.15) is 4.98 Å². The maximum atomic E-state index is 11.3. The first-order chi connectivity index (χ1) is 8.63. The first-order valence-electron chi connectivity index (χ1n) is 6.00. The van der Waals surface area contributed by atoms with Crippen LogP contribution in [0.5, 0.6) is 5.88 Å². The third kappa shape index (κ3) is 2.30. The summed E-state index contributed by atoms with van der Waals surface area (Å²) in [7, 11) is 0. The number of pyridine rings is 1. The molecule has 0 aliphatic rings.